The highest BCUT2D eigenvalue weighted by atomic mass is 16.2. The summed E-state index contributed by atoms with van der Waals surface area (Å²) in [5.41, 5.74) is 13.0. The van der Waals surface area contributed by atoms with Crippen LogP contribution in [-0.2, 0) is 36.8 Å². The Hall–Kier alpha value is -5.19. The fourth-order valence-electron chi connectivity index (χ4n) is 4.04. The van der Waals surface area contributed by atoms with Gasteiger partial charge in [-0.15, -0.1) is 0 Å². The predicted molar refractivity (Wildman–Crippen MR) is 158 cm³/mol. The van der Waals surface area contributed by atoms with Crippen LogP contribution in [0.1, 0.15) is 30.4 Å². The molecule has 5 amide bonds. The van der Waals surface area contributed by atoms with Gasteiger partial charge >= 0.3 is 0 Å². The number of hydrogen-bond acceptors (Lipinski definition) is 6. The van der Waals surface area contributed by atoms with E-state index >= 15 is 0 Å². The van der Waals surface area contributed by atoms with E-state index in [-0.39, 0.29) is 38.1 Å². The zero-order valence-corrected chi connectivity index (χ0v) is 23.2. The number of anilines is 1. The van der Waals surface area contributed by atoms with E-state index in [4.69, 9.17) is 5.73 Å². The Morgan fingerprint density at radius 3 is 1.86 bits per heavy atom. The van der Waals surface area contributed by atoms with E-state index in [2.05, 4.69) is 26.8 Å². The van der Waals surface area contributed by atoms with Gasteiger partial charge < -0.3 is 21.7 Å². The van der Waals surface area contributed by atoms with Gasteiger partial charge in [0.25, 0.3) is 5.91 Å². The van der Waals surface area contributed by atoms with Gasteiger partial charge in [0.05, 0.1) is 12.2 Å². The van der Waals surface area contributed by atoms with Gasteiger partial charge in [0, 0.05) is 19.3 Å². The fourth-order valence-corrected chi connectivity index (χ4v) is 4.04. The molecule has 0 unspecified atom stereocenters. The van der Waals surface area contributed by atoms with Crippen LogP contribution >= 0.6 is 0 Å². The zero-order valence-electron chi connectivity index (χ0n) is 23.2. The molecule has 0 radical (unpaired) electrons. The topological polar surface area (TPSA) is 172 Å². The van der Waals surface area contributed by atoms with Crippen LogP contribution in [0.5, 0.6) is 0 Å². The second-order valence-electron chi connectivity index (χ2n) is 9.62. The summed E-state index contributed by atoms with van der Waals surface area (Å²) in [5, 5.41) is 7.87. The second kappa shape index (κ2) is 16.8. The molecule has 0 aromatic heterocycles. The van der Waals surface area contributed by atoms with Crippen molar-refractivity contribution in [2.24, 2.45) is 5.73 Å². The summed E-state index contributed by atoms with van der Waals surface area (Å²) in [6.45, 7) is -0.321. The molecule has 0 fully saturated rings. The summed E-state index contributed by atoms with van der Waals surface area (Å²) in [4.78, 5) is 62.8. The van der Waals surface area contributed by atoms with Crippen molar-refractivity contribution in [3.8, 4) is 0 Å². The number of primary amides is 1. The lowest BCUT2D eigenvalue weighted by Crippen LogP contribution is -2.56. The maximum absolute atomic E-state index is 13.4. The number of rotatable bonds is 16. The van der Waals surface area contributed by atoms with Crippen molar-refractivity contribution < 1.29 is 24.0 Å². The van der Waals surface area contributed by atoms with Crippen LogP contribution in [-0.4, -0.2) is 48.2 Å². The van der Waals surface area contributed by atoms with Gasteiger partial charge in [0.15, 0.2) is 0 Å². The van der Waals surface area contributed by atoms with Crippen LogP contribution in [0, 0.1) is 0 Å². The van der Waals surface area contributed by atoms with Crippen LogP contribution in [0.4, 0.5) is 5.69 Å². The first-order valence-corrected chi connectivity index (χ1v) is 13.6. The molecule has 11 heteroatoms. The van der Waals surface area contributed by atoms with E-state index in [1.165, 1.54) is 0 Å². The standard InChI is InChI=1S/C31H36N6O5/c32-27(38)18-17-25(31(42)37-36-24-14-8-3-9-15-24)35-30(41)26(20-23-12-6-2-7-13-23)34-29(40)21-33-28(39)19-16-22-10-4-1-5-11-22/h1-15,25-26,36H,16-21H2,(H2,32,38)(H,33,39)(H,34,40)(H,35,41)(H,37,42)/t25-,26-/m0/s1. The molecule has 0 aliphatic rings. The molecule has 0 saturated carbocycles. The lowest BCUT2D eigenvalue weighted by atomic mass is 10.0. The number of carbonyl (C=O) groups excluding carboxylic acids is 5. The molecule has 3 aromatic rings. The number of nitrogens with one attached hydrogen (secondary N) is 5. The molecule has 0 saturated heterocycles. The molecular weight excluding hydrogens is 536 g/mol. The maximum Gasteiger partial charge on any atom is 0.260 e. The van der Waals surface area contributed by atoms with Crippen molar-refractivity contribution in [1.29, 1.82) is 0 Å². The summed E-state index contributed by atoms with van der Waals surface area (Å²) < 4.78 is 0. The third-order valence-electron chi connectivity index (χ3n) is 6.28. The monoisotopic (exact) mass is 572 g/mol. The number of aryl methyl sites for hydroxylation is 1. The van der Waals surface area contributed by atoms with Crippen molar-refractivity contribution >= 4 is 35.2 Å². The minimum absolute atomic E-state index is 0.0488. The Morgan fingerprint density at radius 2 is 1.24 bits per heavy atom. The highest BCUT2D eigenvalue weighted by Gasteiger charge is 2.27. The predicted octanol–water partition coefficient (Wildman–Crippen LogP) is 1.36. The van der Waals surface area contributed by atoms with E-state index in [1.54, 1.807) is 48.5 Å². The molecule has 3 rings (SSSR count). The first-order chi connectivity index (χ1) is 20.3. The molecule has 0 bridgehead atoms. The Morgan fingerprint density at radius 1 is 0.643 bits per heavy atom. The average molecular weight is 573 g/mol. The Bertz CT molecular complexity index is 1320. The highest BCUT2D eigenvalue weighted by molar-refractivity contribution is 5.93. The van der Waals surface area contributed by atoms with Gasteiger partial charge in [-0.1, -0.05) is 78.9 Å². The molecule has 0 aliphatic heterocycles. The van der Waals surface area contributed by atoms with Gasteiger partial charge in [-0.25, -0.2) is 0 Å². The molecule has 42 heavy (non-hydrogen) atoms. The van der Waals surface area contributed by atoms with Crippen LogP contribution < -0.4 is 32.5 Å². The zero-order chi connectivity index (χ0) is 30.2. The van der Waals surface area contributed by atoms with Gasteiger partial charge in [-0.2, -0.15) is 0 Å². The molecule has 7 N–H and O–H groups in total. The molecular formula is C31H36N6O5. The van der Waals surface area contributed by atoms with Crippen LogP contribution in [0.15, 0.2) is 91.0 Å². The summed E-state index contributed by atoms with van der Waals surface area (Å²) >= 11 is 0. The minimum Gasteiger partial charge on any atom is -0.370 e. The molecule has 3 aromatic carbocycles. The first kappa shape index (κ1) is 31.3. The number of carbonyl (C=O) groups is 5. The first-order valence-electron chi connectivity index (χ1n) is 13.6. The number of para-hydroxylation sites is 1. The SMILES string of the molecule is NC(=O)CC[C@H](NC(=O)[C@H](Cc1ccccc1)NC(=O)CNC(=O)CCc1ccccc1)C(=O)NNc1ccccc1. The van der Waals surface area contributed by atoms with Gasteiger partial charge in [0.1, 0.15) is 12.1 Å². The van der Waals surface area contributed by atoms with E-state index in [1.807, 2.05) is 42.5 Å². The van der Waals surface area contributed by atoms with Crippen LogP contribution in [0.2, 0.25) is 0 Å². The Kier molecular flexibility index (Phi) is 12.5. The Labute approximate surface area is 244 Å². The quantitative estimate of drug-likeness (QED) is 0.142. The van der Waals surface area contributed by atoms with Crippen molar-refractivity contribution in [3.05, 3.63) is 102 Å². The highest BCUT2D eigenvalue weighted by Crippen LogP contribution is 2.07. The van der Waals surface area contributed by atoms with Crippen molar-refractivity contribution in [3.63, 3.8) is 0 Å². The number of hydrazine groups is 1. The normalized spacial score (nSPS) is 11.8. The molecule has 11 nitrogen and oxygen atoms in total. The van der Waals surface area contributed by atoms with Gasteiger partial charge in [-0.3, -0.25) is 34.8 Å². The van der Waals surface area contributed by atoms with Crippen molar-refractivity contribution in [1.82, 2.24) is 21.4 Å². The lowest BCUT2D eigenvalue weighted by molar-refractivity contribution is -0.132. The average Bonchev–Trinajstić information content (AvgIpc) is 3.00. The number of benzene rings is 3. The van der Waals surface area contributed by atoms with Crippen molar-refractivity contribution in [2.45, 2.75) is 44.2 Å². The van der Waals surface area contributed by atoms with E-state index in [0.29, 0.717) is 12.1 Å². The van der Waals surface area contributed by atoms with Gasteiger partial charge in [0.2, 0.25) is 23.6 Å². The van der Waals surface area contributed by atoms with E-state index in [0.717, 1.165) is 11.1 Å². The number of hydrogen-bond donors (Lipinski definition) is 6. The second-order valence-corrected chi connectivity index (χ2v) is 9.62. The summed E-state index contributed by atoms with van der Waals surface area (Å²) in [6, 6.07) is 25.2. The number of amides is 5. The van der Waals surface area contributed by atoms with E-state index < -0.39 is 35.7 Å². The van der Waals surface area contributed by atoms with E-state index in [9.17, 15) is 24.0 Å². The largest absolute Gasteiger partial charge is 0.370 e. The summed E-state index contributed by atoms with van der Waals surface area (Å²) in [7, 11) is 0. The molecule has 0 heterocycles. The third-order valence-corrected chi connectivity index (χ3v) is 6.28. The van der Waals surface area contributed by atoms with Crippen LogP contribution in [0.3, 0.4) is 0 Å². The Balaban J connectivity index is 1.62. The van der Waals surface area contributed by atoms with Crippen LogP contribution in [0.25, 0.3) is 0 Å². The van der Waals surface area contributed by atoms with Gasteiger partial charge in [-0.05, 0) is 36.1 Å². The molecule has 0 spiro atoms. The lowest BCUT2D eigenvalue weighted by Gasteiger charge is -2.23. The number of nitrogens with two attached hydrogens (primary N) is 1. The smallest absolute Gasteiger partial charge is 0.260 e. The summed E-state index contributed by atoms with van der Waals surface area (Å²) in [6.07, 6.45) is 0.675. The minimum atomic E-state index is -1.12. The fraction of sp³-hybridized carbons (Fsp3) is 0.258. The van der Waals surface area contributed by atoms with Crippen molar-refractivity contribution in [2.75, 3.05) is 12.0 Å². The molecule has 2 atom stereocenters. The maximum atomic E-state index is 13.4. The third kappa shape index (κ3) is 11.5. The molecule has 220 valence electrons. The molecule has 0 aliphatic carbocycles. The summed E-state index contributed by atoms with van der Waals surface area (Å²) in [5.74, 6) is -2.72.